The van der Waals surface area contributed by atoms with E-state index < -0.39 is 0 Å². The maximum Gasteiger partial charge on any atom is 0.158 e. The fourth-order valence-corrected chi connectivity index (χ4v) is 5.14. The highest BCUT2D eigenvalue weighted by Crippen LogP contribution is 2.46. The van der Waals surface area contributed by atoms with Crippen molar-refractivity contribution in [1.29, 1.82) is 0 Å². The molecular formula is C19H25ClN6OS. The van der Waals surface area contributed by atoms with Gasteiger partial charge >= 0.3 is 0 Å². The number of rotatable bonds is 3. The number of nitrogens with zero attached hydrogens (tertiary/aromatic N) is 4. The first-order valence-electron chi connectivity index (χ1n) is 9.36. The molecule has 2 aromatic heterocycles. The molecular weight excluding hydrogens is 396 g/mol. The normalized spacial score (nSPS) is 20.6. The van der Waals surface area contributed by atoms with Crippen LogP contribution in [0.5, 0.6) is 0 Å². The van der Waals surface area contributed by atoms with E-state index in [0.717, 1.165) is 49.7 Å². The van der Waals surface area contributed by atoms with Crippen LogP contribution in [0.3, 0.4) is 0 Å². The highest BCUT2D eigenvalue weighted by molar-refractivity contribution is 7.99. The van der Waals surface area contributed by atoms with Gasteiger partial charge in [-0.05, 0) is 44.6 Å². The third kappa shape index (κ3) is 3.86. The van der Waals surface area contributed by atoms with Gasteiger partial charge < -0.3 is 21.1 Å². The van der Waals surface area contributed by atoms with Crippen molar-refractivity contribution in [1.82, 2.24) is 15.0 Å². The third-order valence-electron chi connectivity index (χ3n) is 5.56. The van der Waals surface area contributed by atoms with Crippen LogP contribution in [-0.4, -0.2) is 40.2 Å². The Morgan fingerprint density at radius 1 is 1.18 bits per heavy atom. The molecule has 1 spiro atoms. The van der Waals surface area contributed by atoms with Gasteiger partial charge in [-0.25, -0.2) is 15.0 Å². The molecule has 150 valence electrons. The smallest absolute Gasteiger partial charge is 0.158 e. The standard InChI is InChI=1S/C19H25ClN6OS/c1-18(2)10-19(11-27-18)4-7-26(8-5-19)13-9-24-17(16(22)25-13)28-12-3-6-23-15(21)14(12)20/h3,6,9H,4-5,7-8,10-11H2,1-2H3,(H2,21,23)(H2,22,25). The van der Waals surface area contributed by atoms with E-state index in [9.17, 15) is 0 Å². The van der Waals surface area contributed by atoms with Crippen molar-refractivity contribution >= 4 is 40.8 Å². The van der Waals surface area contributed by atoms with Crippen molar-refractivity contribution in [2.75, 3.05) is 36.1 Å². The van der Waals surface area contributed by atoms with Crippen LogP contribution in [0.15, 0.2) is 28.4 Å². The maximum atomic E-state index is 6.21. The van der Waals surface area contributed by atoms with Gasteiger partial charge in [-0.15, -0.1) is 0 Å². The molecule has 4 rings (SSSR count). The van der Waals surface area contributed by atoms with Crippen LogP contribution in [0, 0.1) is 5.41 Å². The summed E-state index contributed by atoms with van der Waals surface area (Å²) in [5.41, 5.74) is 12.2. The van der Waals surface area contributed by atoms with Crippen molar-refractivity contribution in [2.24, 2.45) is 5.41 Å². The van der Waals surface area contributed by atoms with E-state index in [-0.39, 0.29) is 11.4 Å². The summed E-state index contributed by atoms with van der Waals surface area (Å²) in [6, 6.07) is 1.79. The van der Waals surface area contributed by atoms with Crippen LogP contribution >= 0.6 is 23.4 Å². The minimum atomic E-state index is -0.0110. The monoisotopic (exact) mass is 420 g/mol. The van der Waals surface area contributed by atoms with Gasteiger partial charge in [0.25, 0.3) is 0 Å². The molecule has 0 radical (unpaired) electrons. The van der Waals surface area contributed by atoms with Gasteiger partial charge in [-0.2, -0.15) is 0 Å². The van der Waals surface area contributed by atoms with Crippen molar-refractivity contribution in [3.05, 3.63) is 23.5 Å². The van der Waals surface area contributed by atoms with Gasteiger partial charge in [0.15, 0.2) is 5.82 Å². The van der Waals surface area contributed by atoms with Gasteiger partial charge in [0.05, 0.1) is 23.4 Å². The average molecular weight is 421 g/mol. The second kappa shape index (κ2) is 7.24. The van der Waals surface area contributed by atoms with E-state index in [1.165, 1.54) is 11.8 Å². The Morgan fingerprint density at radius 2 is 1.93 bits per heavy atom. The molecule has 2 aromatic rings. The highest BCUT2D eigenvalue weighted by Gasteiger charge is 2.45. The first-order valence-corrected chi connectivity index (χ1v) is 10.6. The first kappa shape index (κ1) is 19.5. The van der Waals surface area contributed by atoms with E-state index >= 15 is 0 Å². The van der Waals surface area contributed by atoms with Crippen molar-refractivity contribution in [2.45, 2.75) is 48.6 Å². The SMILES string of the molecule is CC1(C)CC2(CCN(c3cnc(Sc4ccnc(N)c4Cl)c(N)n3)CC2)CO1. The zero-order valence-corrected chi connectivity index (χ0v) is 17.7. The Labute approximate surface area is 174 Å². The minimum Gasteiger partial charge on any atom is -0.382 e. The summed E-state index contributed by atoms with van der Waals surface area (Å²) in [5, 5.41) is 1.01. The Balaban J connectivity index is 1.45. The summed E-state index contributed by atoms with van der Waals surface area (Å²) in [5.74, 6) is 1.49. The average Bonchev–Trinajstić information content (AvgIpc) is 2.95. The van der Waals surface area contributed by atoms with Gasteiger partial charge in [-0.1, -0.05) is 23.4 Å². The number of anilines is 3. The number of hydrogen-bond acceptors (Lipinski definition) is 8. The molecule has 0 unspecified atom stereocenters. The largest absolute Gasteiger partial charge is 0.382 e. The van der Waals surface area contributed by atoms with Crippen LogP contribution in [0.2, 0.25) is 5.02 Å². The van der Waals surface area contributed by atoms with Gasteiger partial charge in [0.2, 0.25) is 0 Å². The second-order valence-electron chi connectivity index (χ2n) is 8.24. The number of pyridine rings is 1. The molecule has 2 aliphatic heterocycles. The summed E-state index contributed by atoms with van der Waals surface area (Å²) >= 11 is 7.55. The Kier molecular flexibility index (Phi) is 5.05. The molecule has 7 nitrogen and oxygen atoms in total. The van der Waals surface area contributed by atoms with E-state index in [0.29, 0.717) is 21.3 Å². The fourth-order valence-electron chi connectivity index (χ4n) is 4.12. The summed E-state index contributed by atoms with van der Waals surface area (Å²) in [6.45, 7) is 7.09. The Morgan fingerprint density at radius 3 is 2.57 bits per heavy atom. The van der Waals surface area contributed by atoms with E-state index in [1.54, 1.807) is 18.5 Å². The number of aromatic nitrogens is 3. The molecule has 0 aliphatic carbocycles. The molecule has 0 saturated carbocycles. The van der Waals surface area contributed by atoms with Crippen LogP contribution in [0.4, 0.5) is 17.5 Å². The summed E-state index contributed by atoms with van der Waals surface area (Å²) < 4.78 is 5.99. The molecule has 4 N–H and O–H groups in total. The lowest BCUT2D eigenvalue weighted by molar-refractivity contribution is 0.0295. The highest BCUT2D eigenvalue weighted by atomic mass is 35.5. The van der Waals surface area contributed by atoms with Crippen LogP contribution in [0.25, 0.3) is 0 Å². The maximum absolute atomic E-state index is 6.21. The fraction of sp³-hybridized carbons (Fsp3) is 0.526. The number of nitrogen functional groups attached to an aromatic ring is 2. The molecule has 4 heterocycles. The van der Waals surface area contributed by atoms with Crippen molar-refractivity contribution in [3.8, 4) is 0 Å². The van der Waals surface area contributed by atoms with Crippen LogP contribution in [-0.2, 0) is 4.74 Å². The lowest BCUT2D eigenvalue weighted by Gasteiger charge is -2.39. The molecule has 0 bridgehead atoms. The first-order chi connectivity index (χ1) is 13.3. The molecule has 0 amide bonds. The van der Waals surface area contributed by atoms with Crippen molar-refractivity contribution in [3.63, 3.8) is 0 Å². The lowest BCUT2D eigenvalue weighted by atomic mass is 9.74. The van der Waals surface area contributed by atoms with Gasteiger partial charge in [0, 0.05) is 24.2 Å². The molecule has 2 saturated heterocycles. The van der Waals surface area contributed by atoms with E-state index in [4.69, 9.17) is 27.8 Å². The molecule has 28 heavy (non-hydrogen) atoms. The second-order valence-corrected chi connectivity index (χ2v) is 9.65. The zero-order chi connectivity index (χ0) is 19.9. The van der Waals surface area contributed by atoms with Crippen LogP contribution in [0.1, 0.15) is 33.1 Å². The number of hydrogen-bond donors (Lipinski definition) is 2. The molecule has 2 fully saturated rings. The molecule has 0 atom stereocenters. The lowest BCUT2D eigenvalue weighted by Crippen LogP contribution is -2.41. The minimum absolute atomic E-state index is 0.0110. The van der Waals surface area contributed by atoms with E-state index in [2.05, 4.69) is 33.7 Å². The van der Waals surface area contributed by atoms with Crippen molar-refractivity contribution < 1.29 is 4.74 Å². The summed E-state index contributed by atoms with van der Waals surface area (Å²) in [7, 11) is 0. The Hall–Kier alpha value is -1.77. The summed E-state index contributed by atoms with van der Waals surface area (Å²) in [4.78, 5) is 16.1. The zero-order valence-electron chi connectivity index (χ0n) is 16.1. The topological polar surface area (TPSA) is 103 Å². The number of ether oxygens (including phenoxy) is 1. The van der Waals surface area contributed by atoms with Gasteiger partial charge in [0.1, 0.15) is 16.7 Å². The Bertz CT molecular complexity index is 885. The number of halogens is 1. The predicted octanol–water partition coefficient (Wildman–Crippen LogP) is 3.63. The molecule has 0 aromatic carbocycles. The summed E-state index contributed by atoms with van der Waals surface area (Å²) in [6.07, 6.45) is 6.71. The number of piperidine rings is 1. The molecule has 2 aliphatic rings. The predicted molar refractivity (Wildman–Crippen MR) is 113 cm³/mol. The molecule has 9 heteroatoms. The quantitative estimate of drug-likeness (QED) is 0.775. The van der Waals surface area contributed by atoms with Crippen LogP contribution < -0.4 is 16.4 Å². The van der Waals surface area contributed by atoms with Gasteiger partial charge in [-0.3, -0.25) is 0 Å². The number of nitrogens with two attached hydrogens (primary N) is 2. The van der Waals surface area contributed by atoms with E-state index in [1.807, 2.05) is 0 Å². The third-order valence-corrected chi connectivity index (χ3v) is 7.13.